The Bertz CT molecular complexity index is 588. The maximum atomic E-state index is 11.8. The monoisotopic (exact) mass is 235 g/mol. The third kappa shape index (κ3) is 2.90. The molecule has 0 radical (unpaired) electrons. The van der Waals surface area contributed by atoms with Crippen molar-refractivity contribution in [1.29, 1.82) is 0 Å². The molecule has 1 atom stereocenters. The Morgan fingerprint density at radius 2 is 2.18 bits per heavy atom. The molecular weight excluding hydrogens is 222 g/mol. The van der Waals surface area contributed by atoms with Crippen molar-refractivity contribution in [3.63, 3.8) is 0 Å². The van der Waals surface area contributed by atoms with Crippen LogP contribution in [0.15, 0.2) is 17.1 Å². The van der Waals surface area contributed by atoms with Crippen molar-refractivity contribution in [3.8, 4) is 0 Å². The molecule has 0 aliphatic carbocycles. The summed E-state index contributed by atoms with van der Waals surface area (Å²) in [5.74, 6) is -1.01. The van der Waals surface area contributed by atoms with Crippen LogP contribution >= 0.6 is 0 Å². The third-order valence-corrected chi connectivity index (χ3v) is 2.48. The highest BCUT2D eigenvalue weighted by Gasteiger charge is 2.13. The second kappa shape index (κ2) is 5.25. The van der Waals surface area contributed by atoms with Crippen molar-refractivity contribution in [2.24, 2.45) is 0 Å². The van der Waals surface area contributed by atoms with Crippen LogP contribution in [0, 0.1) is 0 Å². The van der Waals surface area contributed by atoms with Crippen LogP contribution in [-0.2, 0) is 9.59 Å². The number of nitrogens with zero attached hydrogens (tertiary/aromatic N) is 1. The zero-order chi connectivity index (χ0) is 13.0. The molecule has 1 heterocycles. The van der Waals surface area contributed by atoms with Crippen LogP contribution in [0.25, 0.3) is 13.2 Å². The molecule has 1 rings (SSSR count). The van der Waals surface area contributed by atoms with E-state index in [1.54, 1.807) is 6.07 Å². The quantitative estimate of drug-likeness (QED) is 0.683. The smallest absolute Gasteiger partial charge is 0.303 e. The number of carbonyl (C=O) groups excluding carboxylic acids is 1. The Hall–Kier alpha value is -2.17. The van der Waals surface area contributed by atoms with Gasteiger partial charge in [-0.2, -0.15) is 0 Å². The van der Waals surface area contributed by atoms with Gasteiger partial charge in [-0.1, -0.05) is 13.2 Å². The standard InChI is InChI=1S/C12H13NO4/c1-8-5-6-13(12(17)9(8)2)10(7-14)3-4-11(15)16/h5-7,10H,1-4H2,(H,15,16). The van der Waals surface area contributed by atoms with Crippen LogP contribution in [0.3, 0.4) is 0 Å². The van der Waals surface area contributed by atoms with Crippen molar-refractivity contribution in [1.82, 2.24) is 4.57 Å². The van der Waals surface area contributed by atoms with E-state index in [1.807, 2.05) is 0 Å². The summed E-state index contributed by atoms with van der Waals surface area (Å²) in [5, 5.41) is 9.26. The zero-order valence-corrected chi connectivity index (χ0v) is 9.26. The van der Waals surface area contributed by atoms with Gasteiger partial charge in [-0.25, -0.2) is 0 Å². The van der Waals surface area contributed by atoms with Crippen LogP contribution in [0.2, 0.25) is 0 Å². The Morgan fingerprint density at radius 1 is 1.53 bits per heavy atom. The molecule has 0 fully saturated rings. The summed E-state index contributed by atoms with van der Waals surface area (Å²) in [6.45, 7) is 7.19. The minimum Gasteiger partial charge on any atom is -0.481 e. The van der Waals surface area contributed by atoms with Gasteiger partial charge in [0.25, 0.3) is 5.56 Å². The third-order valence-electron chi connectivity index (χ3n) is 2.48. The molecular formula is C12H13NO4. The molecule has 17 heavy (non-hydrogen) atoms. The maximum absolute atomic E-state index is 11.8. The minimum absolute atomic E-state index is 0.0780. The van der Waals surface area contributed by atoms with E-state index in [1.165, 1.54) is 10.8 Å². The number of aromatic nitrogens is 1. The summed E-state index contributed by atoms with van der Waals surface area (Å²) in [4.78, 5) is 33.1. The van der Waals surface area contributed by atoms with E-state index in [0.29, 0.717) is 11.5 Å². The molecule has 0 saturated carbocycles. The molecule has 90 valence electrons. The van der Waals surface area contributed by atoms with Gasteiger partial charge < -0.3 is 14.5 Å². The predicted molar refractivity (Wildman–Crippen MR) is 63.0 cm³/mol. The van der Waals surface area contributed by atoms with E-state index in [2.05, 4.69) is 13.2 Å². The number of aldehydes is 1. The number of carboxylic acids is 1. The Morgan fingerprint density at radius 3 is 2.71 bits per heavy atom. The van der Waals surface area contributed by atoms with Gasteiger partial charge in [-0.15, -0.1) is 0 Å². The first-order valence-corrected chi connectivity index (χ1v) is 5.03. The molecule has 1 unspecified atom stereocenters. The number of pyridine rings is 1. The van der Waals surface area contributed by atoms with Gasteiger partial charge in [0, 0.05) is 17.8 Å². The van der Waals surface area contributed by atoms with Crippen LogP contribution in [0.4, 0.5) is 0 Å². The number of carboxylic acid groups (broad SMARTS) is 1. The van der Waals surface area contributed by atoms with Crippen LogP contribution in [0.1, 0.15) is 18.9 Å². The van der Waals surface area contributed by atoms with Crippen LogP contribution in [0.5, 0.6) is 0 Å². The van der Waals surface area contributed by atoms with Crippen molar-refractivity contribution in [2.75, 3.05) is 0 Å². The summed E-state index contributed by atoms with van der Waals surface area (Å²) in [6.07, 6.45) is 1.90. The summed E-state index contributed by atoms with van der Waals surface area (Å²) in [5.41, 5.74) is -0.417. The highest BCUT2D eigenvalue weighted by atomic mass is 16.4. The normalized spacial score (nSPS) is 12.0. The van der Waals surface area contributed by atoms with Crippen molar-refractivity contribution < 1.29 is 14.7 Å². The van der Waals surface area contributed by atoms with E-state index < -0.39 is 17.6 Å². The lowest BCUT2D eigenvalue weighted by atomic mass is 10.1. The van der Waals surface area contributed by atoms with Gasteiger partial charge in [0.2, 0.25) is 0 Å². The maximum Gasteiger partial charge on any atom is 0.303 e. The molecule has 0 aliphatic rings. The minimum atomic E-state index is -1.01. The van der Waals surface area contributed by atoms with E-state index in [0.717, 1.165) is 0 Å². The Balaban J connectivity index is 3.13. The fourth-order valence-electron chi connectivity index (χ4n) is 1.44. The van der Waals surface area contributed by atoms with Gasteiger partial charge in [0.1, 0.15) is 6.29 Å². The highest BCUT2D eigenvalue weighted by molar-refractivity contribution is 5.67. The second-order valence-corrected chi connectivity index (χ2v) is 3.67. The Labute approximate surface area is 97.3 Å². The number of rotatable bonds is 5. The second-order valence-electron chi connectivity index (χ2n) is 3.67. The summed E-state index contributed by atoms with van der Waals surface area (Å²) >= 11 is 0. The van der Waals surface area contributed by atoms with E-state index in [4.69, 9.17) is 5.11 Å². The van der Waals surface area contributed by atoms with Crippen LogP contribution in [-0.4, -0.2) is 21.9 Å². The first-order valence-electron chi connectivity index (χ1n) is 5.03. The van der Waals surface area contributed by atoms with Gasteiger partial charge in [0.05, 0.1) is 6.04 Å². The van der Waals surface area contributed by atoms with E-state index in [-0.39, 0.29) is 18.1 Å². The SMILES string of the molecule is C=c1ccn(C(C=O)CCC(=O)O)c(=O)c1=C. The Kier molecular flexibility index (Phi) is 3.98. The summed E-state index contributed by atoms with van der Waals surface area (Å²) in [7, 11) is 0. The molecule has 0 amide bonds. The molecule has 0 aromatic carbocycles. The predicted octanol–water partition coefficient (Wildman–Crippen LogP) is -0.726. The number of carbonyl (C=O) groups is 2. The van der Waals surface area contributed by atoms with Crippen molar-refractivity contribution in [2.45, 2.75) is 18.9 Å². The van der Waals surface area contributed by atoms with Crippen molar-refractivity contribution in [3.05, 3.63) is 33.1 Å². The fraction of sp³-hybridized carbons (Fsp3) is 0.250. The lowest BCUT2D eigenvalue weighted by Gasteiger charge is -2.12. The lowest BCUT2D eigenvalue weighted by Crippen LogP contribution is -2.44. The molecule has 0 aliphatic heterocycles. The van der Waals surface area contributed by atoms with E-state index >= 15 is 0 Å². The topological polar surface area (TPSA) is 76.4 Å². The number of hydrogen-bond acceptors (Lipinski definition) is 3. The first-order chi connectivity index (χ1) is 7.97. The van der Waals surface area contributed by atoms with Gasteiger partial charge >= 0.3 is 5.97 Å². The van der Waals surface area contributed by atoms with Gasteiger partial charge in [0.15, 0.2) is 0 Å². The molecule has 1 N–H and O–H groups in total. The average molecular weight is 235 g/mol. The van der Waals surface area contributed by atoms with Crippen molar-refractivity contribution >= 4 is 25.4 Å². The average Bonchev–Trinajstić information content (AvgIpc) is 2.29. The number of aliphatic carboxylic acids is 1. The van der Waals surface area contributed by atoms with Gasteiger partial charge in [-0.05, 0) is 17.7 Å². The first kappa shape index (κ1) is 12.9. The molecule has 5 heteroatoms. The van der Waals surface area contributed by atoms with Crippen LogP contribution < -0.4 is 16.0 Å². The largest absolute Gasteiger partial charge is 0.481 e. The molecule has 1 aromatic heterocycles. The molecule has 5 nitrogen and oxygen atoms in total. The van der Waals surface area contributed by atoms with Gasteiger partial charge in [-0.3, -0.25) is 9.59 Å². The molecule has 1 aromatic rings. The summed E-state index contributed by atoms with van der Waals surface area (Å²) in [6, 6.07) is 0.792. The molecule has 0 spiro atoms. The fourth-order valence-corrected chi connectivity index (χ4v) is 1.44. The molecule has 0 bridgehead atoms. The number of hydrogen-bond donors (Lipinski definition) is 1. The highest BCUT2D eigenvalue weighted by Crippen LogP contribution is 2.07. The summed E-state index contributed by atoms with van der Waals surface area (Å²) < 4.78 is 1.19. The zero-order valence-electron chi connectivity index (χ0n) is 9.26. The molecule has 0 saturated heterocycles. The van der Waals surface area contributed by atoms with E-state index in [9.17, 15) is 14.4 Å². The lowest BCUT2D eigenvalue weighted by molar-refractivity contribution is -0.137.